The van der Waals surface area contributed by atoms with Crippen LogP contribution in [0.5, 0.6) is 5.75 Å². The zero-order valence-corrected chi connectivity index (χ0v) is 18.8. The molecule has 2 aromatic heterocycles. The van der Waals surface area contributed by atoms with Gasteiger partial charge in [0.15, 0.2) is 0 Å². The maximum atomic E-state index is 13.0. The molecule has 1 N–H and O–H groups in total. The third-order valence-corrected chi connectivity index (χ3v) is 6.59. The molecule has 1 fully saturated rings. The van der Waals surface area contributed by atoms with Gasteiger partial charge in [0.2, 0.25) is 0 Å². The quantitative estimate of drug-likeness (QED) is 0.441. The summed E-state index contributed by atoms with van der Waals surface area (Å²) in [6.45, 7) is 1.48. The van der Waals surface area contributed by atoms with Gasteiger partial charge in [-0.2, -0.15) is 5.10 Å². The fraction of sp³-hybridized carbons (Fsp3) is 0.250. The van der Waals surface area contributed by atoms with E-state index in [1.165, 1.54) is 10.9 Å². The zero-order chi connectivity index (χ0) is 21.4. The molecule has 31 heavy (non-hydrogen) atoms. The first-order valence-electron chi connectivity index (χ1n) is 10.4. The molecule has 6 nitrogen and oxygen atoms in total. The summed E-state index contributed by atoms with van der Waals surface area (Å²) in [4.78, 5) is 18.3. The van der Waals surface area contributed by atoms with Gasteiger partial charge in [-0.05, 0) is 66.8 Å². The topological polar surface area (TPSA) is 63.1 Å². The van der Waals surface area contributed by atoms with Crippen molar-refractivity contribution in [2.75, 3.05) is 20.2 Å². The highest BCUT2D eigenvalue weighted by Gasteiger charge is 2.27. The number of benzene rings is 2. The molecular formula is C24H23BrN4O2. The van der Waals surface area contributed by atoms with Crippen molar-refractivity contribution in [3.8, 4) is 11.4 Å². The van der Waals surface area contributed by atoms with Crippen LogP contribution in [0.1, 0.15) is 34.7 Å². The van der Waals surface area contributed by atoms with Gasteiger partial charge in [0.1, 0.15) is 5.75 Å². The zero-order valence-electron chi connectivity index (χ0n) is 17.2. The number of hydrogen-bond acceptors (Lipinski definition) is 3. The Morgan fingerprint density at radius 1 is 1.16 bits per heavy atom. The van der Waals surface area contributed by atoms with Crippen LogP contribution < -0.4 is 4.74 Å². The maximum Gasteiger partial charge on any atom is 0.257 e. The summed E-state index contributed by atoms with van der Waals surface area (Å²) in [5.74, 6) is 1.33. The molecule has 0 atom stereocenters. The number of aromatic amines is 1. The normalized spacial score (nSPS) is 14.8. The molecule has 0 bridgehead atoms. The molecule has 5 rings (SSSR count). The number of likely N-dealkylation sites (tertiary alicyclic amines) is 1. The summed E-state index contributed by atoms with van der Waals surface area (Å²) in [5, 5.41) is 5.58. The van der Waals surface area contributed by atoms with E-state index < -0.39 is 0 Å². The fourth-order valence-electron chi connectivity index (χ4n) is 4.33. The standard InChI is InChI=1S/C24H23BrN4O2/c1-31-20-6-7-23-21(12-20)22(14-26-23)16-8-10-28(11-9-16)24(30)17-13-27-29(15-17)19-4-2-18(25)3-5-19/h2-7,12-16,26H,8-11H2,1H3. The molecule has 0 spiro atoms. The van der Waals surface area contributed by atoms with Crippen molar-refractivity contribution in [2.45, 2.75) is 18.8 Å². The minimum absolute atomic E-state index is 0.0439. The van der Waals surface area contributed by atoms with E-state index in [0.717, 1.165) is 47.4 Å². The van der Waals surface area contributed by atoms with Crippen molar-refractivity contribution in [3.63, 3.8) is 0 Å². The molecule has 1 amide bonds. The highest BCUT2D eigenvalue weighted by molar-refractivity contribution is 9.10. The second-order valence-corrected chi connectivity index (χ2v) is 8.79. The highest BCUT2D eigenvalue weighted by Crippen LogP contribution is 2.35. The molecule has 1 saturated heterocycles. The predicted octanol–water partition coefficient (Wildman–Crippen LogP) is 5.14. The number of nitrogens with one attached hydrogen (secondary N) is 1. The first-order valence-corrected chi connectivity index (χ1v) is 11.2. The summed E-state index contributed by atoms with van der Waals surface area (Å²) < 4.78 is 8.15. The predicted molar refractivity (Wildman–Crippen MR) is 124 cm³/mol. The van der Waals surface area contributed by atoms with Gasteiger partial charge >= 0.3 is 0 Å². The second kappa shape index (κ2) is 8.23. The lowest BCUT2D eigenvalue weighted by atomic mass is 9.89. The van der Waals surface area contributed by atoms with Gasteiger partial charge in [0.25, 0.3) is 5.91 Å². The van der Waals surface area contributed by atoms with Crippen LogP contribution in [0.3, 0.4) is 0 Å². The van der Waals surface area contributed by atoms with Crippen LogP contribution in [0.4, 0.5) is 0 Å². The van der Waals surface area contributed by atoms with E-state index in [4.69, 9.17) is 4.74 Å². The highest BCUT2D eigenvalue weighted by atomic mass is 79.9. The van der Waals surface area contributed by atoms with Gasteiger partial charge in [-0.25, -0.2) is 4.68 Å². The Bertz CT molecular complexity index is 1220. The van der Waals surface area contributed by atoms with Crippen LogP contribution in [0.25, 0.3) is 16.6 Å². The van der Waals surface area contributed by atoms with Crippen LogP contribution in [-0.4, -0.2) is 45.8 Å². The largest absolute Gasteiger partial charge is 0.497 e. The number of piperidine rings is 1. The number of halogens is 1. The van der Waals surface area contributed by atoms with E-state index in [-0.39, 0.29) is 5.91 Å². The van der Waals surface area contributed by atoms with Crippen molar-refractivity contribution in [2.24, 2.45) is 0 Å². The third-order valence-electron chi connectivity index (χ3n) is 6.06. The van der Waals surface area contributed by atoms with Crippen LogP contribution in [0.2, 0.25) is 0 Å². The van der Waals surface area contributed by atoms with Crippen LogP contribution in [0, 0.1) is 0 Å². The lowest BCUT2D eigenvalue weighted by molar-refractivity contribution is 0.0713. The first kappa shape index (κ1) is 19.9. The monoisotopic (exact) mass is 478 g/mol. The lowest BCUT2D eigenvalue weighted by Crippen LogP contribution is -2.37. The molecule has 0 radical (unpaired) electrons. The Morgan fingerprint density at radius 3 is 2.68 bits per heavy atom. The molecule has 1 aliphatic rings. The van der Waals surface area contributed by atoms with Gasteiger partial charge < -0.3 is 14.6 Å². The summed E-state index contributed by atoms with van der Waals surface area (Å²) in [7, 11) is 1.69. The summed E-state index contributed by atoms with van der Waals surface area (Å²) >= 11 is 3.44. The Kier molecular flexibility index (Phi) is 5.28. The third kappa shape index (κ3) is 3.85. The number of amides is 1. The van der Waals surface area contributed by atoms with Gasteiger partial charge in [0, 0.05) is 40.9 Å². The number of fused-ring (bicyclic) bond motifs is 1. The number of carbonyl (C=O) groups is 1. The summed E-state index contributed by atoms with van der Waals surface area (Å²) in [6, 6.07) is 14.0. The number of rotatable bonds is 4. The Hall–Kier alpha value is -3.06. The number of hydrogen-bond donors (Lipinski definition) is 1. The average molecular weight is 479 g/mol. The Balaban J connectivity index is 1.28. The van der Waals surface area contributed by atoms with Crippen molar-refractivity contribution in [1.82, 2.24) is 19.7 Å². The van der Waals surface area contributed by atoms with E-state index >= 15 is 0 Å². The van der Waals surface area contributed by atoms with Crippen LogP contribution in [0.15, 0.2) is 65.5 Å². The molecule has 0 aliphatic carbocycles. The van der Waals surface area contributed by atoms with Gasteiger partial charge in [-0.15, -0.1) is 0 Å². The number of methoxy groups -OCH3 is 1. The Labute approximate surface area is 188 Å². The van der Waals surface area contributed by atoms with Gasteiger partial charge in [0.05, 0.1) is 24.6 Å². The molecule has 0 unspecified atom stereocenters. The molecule has 0 saturated carbocycles. The SMILES string of the molecule is COc1ccc2[nH]cc(C3CCN(C(=O)c4cnn(-c5ccc(Br)cc5)c4)CC3)c2c1. The summed E-state index contributed by atoms with van der Waals surface area (Å²) in [5.41, 5.74) is 3.98. The molecule has 3 heterocycles. The number of aromatic nitrogens is 3. The van der Waals surface area contributed by atoms with Crippen molar-refractivity contribution in [1.29, 1.82) is 0 Å². The fourth-order valence-corrected chi connectivity index (χ4v) is 4.59. The van der Waals surface area contributed by atoms with Crippen molar-refractivity contribution < 1.29 is 9.53 Å². The minimum atomic E-state index is 0.0439. The molecular weight excluding hydrogens is 456 g/mol. The smallest absolute Gasteiger partial charge is 0.257 e. The van der Waals surface area contributed by atoms with E-state index in [1.54, 1.807) is 18.0 Å². The van der Waals surface area contributed by atoms with Crippen molar-refractivity contribution in [3.05, 3.63) is 76.7 Å². The second-order valence-electron chi connectivity index (χ2n) is 7.87. The van der Waals surface area contributed by atoms with Crippen LogP contribution >= 0.6 is 15.9 Å². The summed E-state index contributed by atoms with van der Waals surface area (Å²) in [6.07, 6.45) is 7.45. The molecule has 2 aromatic carbocycles. The lowest BCUT2D eigenvalue weighted by Gasteiger charge is -2.31. The van der Waals surface area contributed by atoms with Gasteiger partial charge in [-0.3, -0.25) is 4.79 Å². The van der Waals surface area contributed by atoms with E-state index in [1.807, 2.05) is 41.4 Å². The molecule has 158 valence electrons. The Morgan fingerprint density at radius 2 is 1.94 bits per heavy atom. The number of nitrogens with zero attached hydrogens (tertiary/aromatic N) is 3. The number of ether oxygens (including phenoxy) is 1. The maximum absolute atomic E-state index is 13.0. The van der Waals surface area contributed by atoms with Crippen molar-refractivity contribution >= 4 is 32.7 Å². The minimum Gasteiger partial charge on any atom is -0.497 e. The van der Waals surface area contributed by atoms with E-state index in [9.17, 15) is 4.79 Å². The van der Waals surface area contributed by atoms with Crippen LogP contribution in [-0.2, 0) is 0 Å². The van der Waals surface area contributed by atoms with Gasteiger partial charge in [-0.1, -0.05) is 15.9 Å². The molecule has 1 aliphatic heterocycles. The van der Waals surface area contributed by atoms with E-state index in [0.29, 0.717) is 11.5 Å². The number of carbonyl (C=O) groups excluding carboxylic acids is 1. The molecule has 7 heteroatoms. The first-order chi connectivity index (χ1) is 15.1. The number of H-pyrrole nitrogens is 1. The molecule has 4 aromatic rings. The van der Waals surface area contributed by atoms with E-state index in [2.05, 4.69) is 44.3 Å². The average Bonchev–Trinajstić information content (AvgIpc) is 3.46.